The van der Waals surface area contributed by atoms with Gasteiger partial charge in [-0.15, -0.1) is 0 Å². The van der Waals surface area contributed by atoms with E-state index in [1.54, 1.807) is 0 Å². The molecule has 0 unspecified atom stereocenters. The maximum atomic E-state index is 12.4. The molecule has 3 aliphatic rings. The summed E-state index contributed by atoms with van der Waals surface area (Å²) in [6.45, 7) is 9.14. The first-order valence-corrected chi connectivity index (χ1v) is 9.92. The minimum absolute atomic E-state index is 0.0720. The summed E-state index contributed by atoms with van der Waals surface area (Å²) in [4.78, 5) is 24.0. The molecule has 0 spiro atoms. The molecule has 2 fully saturated rings. The molecule has 0 aromatic carbocycles. The van der Waals surface area contributed by atoms with Crippen LogP contribution in [0.2, 0.25) is 0 Å². The predicted molar refractivity (Wildman–Crippen MR) is 103 cm³/mol. The fourth-order valence-corrected chi connectivity index (χ4v) is 4.49. The van der Waals surface area contributed by atoms with Gasteiger partial charge in [0.2, 0.25) is 0 Å². The number of ether oxygens (including phenoxy) is 3. The van der Waals surface area contributed by atoms with Gasteiger partial charge >= 0.3 is 11.9 Å². The quantitative estimate of drug-likeness (QED) is 0.442. The number of allylic oxidation sites excluding steroid dienone is 3. The lowest BCUT2D eigenvalue weighted by atomic mass is 9.72. The Morgan fingerprint density at radius 2 is 2.04 bits per heavy atom. The average molecular weight is 390 g/mol. The monoisotopic (exact) mass is 390 g/mol. The van der Waals surface area contributed by atoms with Crippen molar-refractivity contribution < 1.29 is 28.9 Å². The van der Waals surface area contributed by atoms with Crippen LogP contribution >= 0.6 is 0 Å². The van der Waals surface area contributed by atoms with Crippen LogP contribution in [0.5, 0.6) is 0 Å². The van der Waals surface area contributed by atoms with Crippen molar-refractivity contribution in [3.8, 4) is 0 Å². The highest BCUT2D eigenvalue weighted by atomic mass is 16.7. The lowest BCUT2D eigenvalue weighted by Gasteiger charge is -2.55. The molecule has 0 saturated carbocycles. The summed E-state index contributed by atoms with van der Waals surface area (Å²) in [6.07, 6.45) is 7.28. The van der Waals surface area contributed by atoms with Crippen LogP contribution in [0.3, 0.4) is 0 Å². The van der Waals surface area contributed by atoms with E-state index in [1.807, 2.05) is 6.92 Å². The smallest absolute Gasteiger partial charge is 0.334 e. The van der Waals surface area contributed by atoms with Gasteiger partial charge in [0, 0.05) is 24.8 Å². The Labute approximate surface area is 166 Å². The van der Waals surface area contributed by atoms with Crippen molar-refractivity contribution in [1.82, 2.24) is 0 Å². The average Bonchev–Trinajstić information content (AvgIpc) is 2.60. The standard InChI is InChI=1S/C22H30O6/c1-14-7-5-8-15(2)12-22(25)18-11-19(27-20(24)16(18)3)21(28-22,10-6-9-14)13-26-17(4)23/h8-9,18-19,25H,3,5-7,10-13H2,1-2,4H3/b14-9+,15-8+/t18-,19+,21-,22+/m1/s1. The molecular weight excluding hydrogens is 360 g/mol. The fourth-order valence-electron chi connectivity index (χ4n) is 4.49. The number of rotatable bonds is 2. The molecule has 2 saturated heterocycles. The number of carbonyl (C=O) groups is 2. The van der Waals surface area contributed by atoms with Crippen LogP contribution in [-0.4, -0.2) is 41.1 Å². The first-order chi connectivity index (χ1) is 13.2. The summed E-state index contributed by atoms with van der Waals surface area (Å²) >= 11 is 0. The normalized spacial score (nSPS) is 40.0. The SMILES string of the molecule is C=C1C(=O)O[C@H]2C[C@H]1[C@]1(O)C/C(C)=C/CC/C(C)=C/CC[C@]2(COC(C)=O)O1. The first kappa shape index (κ1) is 20.8. The first-order valence-electron chi connectivity index (χ1n) is 9.92. The predicted octanol–water partition coefficient (Wildman–Crippen LogP) is 3.35. The van der Waals surface area contributed by atoms with E-state index in [2.05, 4.69) is 25.7 Å². The Bertz CT molecular complexity index is 735. The molecule has 4 bridgehead atoms. The second kappa shape index (κ2) is 7.84. The van der Waals surface area contributed by atoms with Crippen molar-refractivity contribution in [3.63, 3.8) is 0 Å². The minimum Gasteiger partial charge on any atom is -0.463 e. The van der Waals surface area contributed by atoms with Crippen molar-refractivity contribution in [2.45, 2.75) is 76.8 Å². The van der Waals surface area contributed by atoms with Crippen LogP contribution in [0.4, 0.5) is 0 Å². The maximum absolute atomic E-state index is 12.4. The molecular formula is C22H30O6. The number of hydrogen-bond donors (Lipinski definition) is 1. The van der Waals surface area contributed by atoms with Crippen molar-refractivity contribution in [2.24, 2.45) is 5.92 Å². The number of hydrogen-bond acceptors (Lipinski definition) is 6. The summed E-state index contributed by atoms with van der Waals surface area (Å²) in [5, 5.41) is 11.6. The van der Waals surface area contributed by atoms with Crippen LogP contribution in [0.15, 0.2) is 35.5 Å². The van der Waals surface area contributed by atoms with Gasteiger partial charge in [0.1, 0.15) is 18.3 Å². The van der Waals surface area contributed by atoms with E-state index in [-0.39, 0.29) is 18.6 Å². The maximum Gasteiger partial charge on any atom is 0.334 e. The third-order valence-corrected chi connectivity index (χ3v) is 6.04. The molecule has 3 rings (SSSR count). The van der Waals surface area contributed by atoms with E-state index >= 15 is 0 Å². The summed E-state index contributed by atoms with van der Waals surface area (Å²) in [5.41, 5.74) is 1.40. The van der Waals surface area contributed by atoms with Crippen LogP contribution in [0.25, 0.3) is 0 Å². The largest absolute Gasteiger partial charge is 0.463 e. The van der Waals surface area contributed by atoms with Gasteiger partial charge in [-0.05, 0) is 46.0 Å². The summed E-state index contributed by atoms with van der Waals surface area (Å²) in [7, 11) is 0. The summed E-state index contributed by atoms with van der Waals surface area (Å²) < 4.78 is 17.3. The van der Waals surface area contributed by atoms with Crippen LogP contribution < -0.4 is 0 Å². The molecule has 1 N–H and O–H groups in total. The Morgan fingerprint density at radius 1 is 1.32 bits per heavy atom. The molecule has 0 aliphatic carbocycles. The number of aliphatic hydroxyl groups is 1. The number of carbonyl (C=O) groups excluding carboxylic acids is 2. The summed E-state index contributed by atoms with van der Waals surface area (Å²) in [6, 6.07) is 0. The van der Waals surface area contributed by atoms with E-state index in [0.29, 0.717) is 19.3 Å². The lowest BCUT2D eigenvalue weighted by Crippen LogP contribution is -2.66. The number of esters is 2. The Hall–Kier alpha value is -1.92. The van der Waals surface area contributed by atoms with Gasteiger partial charge in [0.25, 0.3) is 0 Å². The zero-order chi connectivity index (χ0) is 20.5. The van der Waals surface area contributed by atoms with E-state index < -0.39 is 35.3 Å². The number of fused-ring (bicyclic) bond motifs is 6. The van der Waals surface area contributed by atoms with Gasteiger partial charge in [-0.1, -0.05) is 29.9 Å². The molecule has 6 nitrogen and oxygen atoms in total. The molecule has 3 aliphatic heterocycles. The van der Waals surface area contributed by atoms with Crippen LogP contribution in [-0.2, 0) is 23.8 Å². The van der Waals surface area contributed by atoms with E-state index in [4.69, 9.17) is 14.2 Å². The zero-order valence-electron chi connectivity index (χ0n) is 17.0. The Balaban J connectivity index is 2.04. The molecule has 4 atom stereocenters. The second-order valence-corrected chi connectivity index (χ2v) is 8.35. The van der Waals surface area contributed by atoms with Crippen LogP contribution in [0, 0.1) is 5.92 Å². The van der Waals surface area contributed by atoms with Crippen molar-refractivity contribution in [2.75, 3.05) is 6.61 Å². The topological polar surface area (TPSA) is 82.1 Å². The van der Waals surface area contributed by atoms with Gasteiger partial charge in [-0.25, -0.2) is 4.79 Å². The van der Waals surface area contributed by atoms with E-state index in [9.17, 15) is 14.7 Å². The zero-order valence-corrected chi connectivity index (χ0v) is 17.0. The van der Waals surface area contributed by atoms with Gasteiger partial charge in [-0.2, -0.15) is 0 Å². The molecule has 3 heterocycles. The Kier molecular flexibility index (Phi) is 5.82. The summed E-state index contributed by atoms with van der Waals surface area (Å²) in [5.74, 6) is -3.10. The van der Waals surface area contributed by atoms with Gasteiger partial charge in [0.05, 0.1) is 0 Å². The van der Waals surface area contributed by atoms with Crippen molar-refractivity contribution in [1.29, 1.82) is 0 Å². The highest BCUT2D eigenvalue weighted by Gasteiger charge is 2.61. The molecule has 0 aromatic heterocycles. The fraction of sp³-hybridized carbons (Fsp3) is 0.636. The lowest BCUT2D eigenvalue weighted by molar-refractivity contribution is -0.351. The molecule has 28 heavy (non-hydrogen) atoms. The van der Waals surface area contributed by atoms with Gasteiger partial charge in [0.15, 0.2) is 5.79 Å². The third kappa shape index (κ3) is 4.08. The Morgan fingerprint density at radius 3 is 2.75 bits per heavy atom. The molecule has 0 amide bonds. The second-order valence-electron chi connectivity index (χ2n) is 8.35. The molecule has 6 heteroatoms. The van der Waals surface area contributed by atoms with E-state index in [1.165, 1.54) is 12.5 Å². The molecule has 0 radical (unpaired) electrons. The highest BCUT2D eigenvalue weighted by Crippen LogP contribution is 2.50. The van der Waals surface area contributed by atoms with E-state index in [0.717, 1.165) is 18.4 Å². The molecule has 0 aromatic rings. The highest BCUT2D eigenvalue weighted by molar-refractivity contribution is 5.89. The van der Waals surface area contributed by atoms with Gasteiger partial charge in [-0.3, -0.25) is 4.79 Å². The van der Waals surface area contributed by atoms with Gasteiger partial charge < -0.3 is 19.3 Å². The molecule has 154 valence electrons. The van der Waals surface area contributed by atoms with Crippen molar-refractivity contribution >= 4 is 11.9 Å². The van der Waals surface area contributed by atoms with Crippen LogP contribution in [0.1, 0.15) is 59.3 Å². The third-order valence-electron chi connectivity index (χ3n) is 6.04. The van der Waals surface area contributed by atoms with Crippen molar-refractivity contribution in [3.05, 3.63) is 35.5 Å². The minimum atomic E-state index is -1.59.